The van der Waals surface area contributed by atoms with Crippen molar-refractivity contribution < 1.29 is 8.83 Å². The van der Waals surface area contributed by atoms with E-state index < -0.39 is 0 Å². The van der Waals surface area contributed by atoms with Gasteiger partial charge in [-0.05, 0) is 81.9 Å². The van der Waals surface area contributed by atoms with E-state index >= 15 is 0 Å². The lowest BCUT2D eigenvalue weighted by atomic mass is 9.87. The van der Waals surface area contributed by atoms with Gasteiger partial charge in [-0.3, -0.25) is 0 Å². The van der Waals surface area contributed by atoms with E-state index in [1.165, 1.54) is 11.1 Å². The van der Waals surface area contributed by atoms with Crippen molar-refractivity contribution >= 4 is 88.8 Å². The second-order valence-corrected chi connectivity index (χ2v) is 17.4. The minimum atomic E-state index is 0.0306. The molecule has 0 amide bonds. The van der Waals surface area contributed by atoms with Gasteiger partial charge in [0.1, 0.15) is 16.7 Å². The fraction of sp³-hybridized carbons (Fsp3) is 0.148. The Morgan fingerprint density at radius 2 is 0.776 bits per heavy atom. The van der Waals surface area contributed by atoms with Gasteiger partial charge in [-0.15, -0.1) is 0 Å². The molecule has 4 heteroatoms. The van der Waals surface area contributed by atoms with Gasteiger partial charge in [0.25, 0.3) is 0 Å². The van der Waals surface area contributed by atoms with Crippen LogP contribution in [0.3, 0.4) is 0 Å². The molecular weight excluding hydrogens is 709 g/mol. The van der Waals surface area contributed by atoms with Crippen molar-refractivity contribution in [3.63, 3.8) is 0 Å². The fourth-order valence-corrected chi connectivity index (χ4v) is 8.56. The summed E-state index contributed by atoms with van der Waals surface area (Å²) in [5.74, 6) is 0. The van der Waals surface area contributed by atoms with Crippen LogP contribution in [0.15, 0.2) is 179 Å². The maximum absolute atomic E-state index is 7.14. The van der Waals surface area contributed by atoms with Crippen molar-refractivity contribution in [2.75, 3.05) is 9.80 Å². The zero-order valence-corrected chi connectivity index (χ0v) is 33.9. The van der Waals surface area contributed by atoms with Crippen molar-refractivity contribution in [2.45, 2.75) is 52.4 Å². The summed E-state index contributed by atoms with van der Waals surface area (Å²) in [5.41, 5.74) is 12.1. The molecule has 10 rings (SSSR count). The molecule has 0 radical (unpaired) electrons. The Balaban J connectivity index is 1.28. The zero-order chi connectivity index (χ0) is 39.8. The number of anilines is 6. The van der Waals surface area contributed by atoms with Crippen LogP contribution >= 0.6 is 0 Å². The molecule has 0 aliphatic carbocycles. The molecule has 2 heterocycles. The highest BCUT2D eigenvalue weighted by molar-refractivity contribution is 6.33. The van der Waals surface area contributed by atoms with Crippen LogP contribution in [0.2, 0.25) is 0 Å². The molecule has 284 valence electrons. The molecule has 0 aliphatic rings. The van der Waals surface area contributed by atoms with E-state index in [2.05, 4.69) is 215 Å². The van der Waals surface area contributed by atoms with Gasteiger partial charge in [-0.2, -0.15) is 0 Å². The predicted molar refractivity (Wildman–Crippen MR) is 245 cm³/mol. The third kappa shape index (κ3) is 5.90. The Kier molecular flexibility index (Phi) is 8.24. The summed E-state index contributed by atoms with van der Waals surface area (Å²) in [7, 11) is 0. The number of para-hydroxylation sites is 3. The van der Waals surface area contributed by atoms with Crippen LogP contribution in [0.25, 0.3) is 54.6 Å². The number of fused-ring (bicyclic) bond motifs is 9. The number of furan rings is 2. The van der Waals surface area contributed by atoms with E-state index in [-0.39, 0.29) is 10.8 Å². The zero-order valence-electron chi connectivity index (χ0n) is 33.9. The molecule has 0 bridgehead atoms. The molecule has 0 aliphatic heterocycles. The first kappa shape index (κ1) is 35.6. The quantitative estimate of drug-likeness (QED) is 0.169. The van der Waals surface area contributed by atoms with Crippen molar-refractivity contribution in [1.29, 1.82) is 0 Å². The predicted octanol–water partition coefficient (Wildman–Crippen LogP) is 16.2. The van der Waals surface area contributed by atoms with Gasteiger partial charge in [0, 0.05) is 61.8 Å². The SMILES string of the molecule is CC(C)(C)c1ccc(N(c2ccccc2)c2cc3oc4cc(N(c5ccccc5)c5ccc(C(C)(C)C)cc5)c5oc6ccccc6c5c4c3c3ccccc23)cc1. The summed E-state index contributed by atoms with van der Waals surface area (Å²) < 4.78 is 14.1. The molecule has 0 fully saturated rings. The highest BCUT2D eigenvalue weighted by Gasteiger charge is 2.27. The topological polar surface area (TPSA) is 32.8 Å². The molecule has 0 atom stereocenters. The summed E-state index contributed by atoms with van der Waals surface area (Å²) in [5, 5.41) is 6.49. The first-order valence-corrected chi connectivity index (χ1v) is 20.2. The molecule has 0 saturated heterocycles. The third-order valence-electron chi connectivity index (χ3n) is 11.5. The number of hydrogen-bond acceptors (Lipinski definition) is 4. The van der Waals surface area contributed by atoms with Gasteiger partial charge in [-0.1, -0.05) is 145 Å². The normalized spacial score (nSPS) is 12.3. The largest absolute Gasteiger partial charge is 0.456 e. The van der Waals surface area contributed by atoms with Crippen molar-refractivity contribution in [1.82, 2.24) is 0 Å². The summed E-state index contributed by atoms with van der Waals surface area (Å²) >= 11 is 0. The minimum absolute atomic E-state index is 0.0306. The molecule has 4 nitrogen and oxygen atoms in total. The summed E-state index contributed by atoms with van der Waals surface area (Å²) in [6, 6.07) is 60.6. The van der Waals surface area contributed by atoms with Gasteiger partial charge in [0.15, 0.2) is 5.58 Å². The van der Waals surface area contributed by atoms with Crippen LogP contribution < -0.4 is 9.80 Å². The van der Waals surface area contributed by atoms with Gasteiger partial charge in [0.2, 0.25) is 0 Å². The van der Waals surface area contributed by atoms with Crippen LogP contribution in [0.5, 0.6) is 0 Å². The van der Waals surface area contributed by atoms with E-state index in [0.717, 1.165) is 88.8 Å². The monoisotopic (exact) mass is 754 g/mol. The number of benzene rings is 8. The highest BCUT2D eigenvalue weighted by Crippen LogP contribution is 2.51. The number of hydrogen-bond donors (Lipinski definition) is 0. The first-order chi connectivity index (χ1) is 28.0. The first-order valence-electron chi connectivity index (χ1n) is 20.2. The van der Waals surface area contributed by atoms with Crippen molar-refractivity contribution in [2.24, 2.45) is 0 Å². The van der Waals surface area contributed by atoms with E-state index in [1.807, 2.05) is 6.07 Å². The molecule has 2 aromatic heterocycles. The van der Waals surface area contributed by atoms with E-state index in [0.29, 0.717) is 0 Å². The Morgan fingerprint density at radius 3 is 1.33 bits per heavy atom. The smallest absolute Gasteiger partial charge is 0.160 e. The highest BCUT2D eigenvalue weighted by atomic mass is 16.3. The maximum atomic E-state index is 7.14. The average molecular weight is 755 g/mol. The lowest BCUT2D eigenvalue weighted by Gasteiger charge is -2.28. The van der Waals surface area contributed by atoms with Crippen LogP contribution in [0, 0.1) is 0 Å². The van der Waals surface area contributed by atoms with Crippen LogP contribution in [0.1, 0.15) is 52.7 Å². The van der Waals surface area contributed by atoms with E-state index in [9.17, 15) is 0 Å². The Morgan fingerprint density at radius 1 is 0.345 bits per heavy atom. The molecule has 0 N–H and O–H groups in total. The second-order valence-electron chi connectivity index (χ2n) is 17.4. The molecule has 58 heavy (non-hydrogen) atoms. The van der Waals surface area contributed by atoms with Crippen LogP contribution in [0.4, 0.5) is 34.1 Å². The van der Waals surface area contributed by atoms with Gasteiger partial charge >= 0.3 is 0 Å². The van der Waals surface area contributed by atoms with Gasteiger partial charge in [0.05, 0.1) is 11.4 Å². The average Bonchev–Trinajstić information content (AvgIpc) is 3.80. The second kappa shape index (κ2) is 13.4. The minimum Gasteiger partial charge on any atom is -0.456 e. The molecule has 0 unspecified atom stereocenters. The summed E-state index contributed by atoms with van der Waals surface area (Å²) in [4.78, 5) is 4.65. The standard InChI is InChI=1S/C54H46N2O2/c1-53(2,3)35-25-29-39(30-26-35)55(37-17-9-7-10-18-37)44-33-47-49(42-22-14-13-21-41(42)44)51-48(57-47)34-45(52-50(51)43-23-15-16-24-46(43)58-52)56(38-19-11-8-12-20-38)40-31-27-36(28-32-40)54(4,5)6/h7-34H,1-6H3. The van der Waals surface area contributed by atoms with Crippen molar-refractivity contribution in [3.05, 3.63) is 181 Å². The van der Waals surface area contributed by atoms with E-state index in [4.69, 9.17) is 8.83 Å². The third-order valence-corrected chi connectivity index (χ3v) is 11.5. The van der Waals surface area contributed by atoms with Gasteiger partial charge < -0.3 is 18.6 Å². The van der Waals surface area contributed by atoms with Crippen molar-refractivity contribution in [3.8, 4) is 0 Å². The van der Waals surface area contributed by atoms with Crippen LogP contribution in [-0.4, -0.2) is 0 Å². The summed E-state index contributed by atoms with van der Waals surface area (Å²) in [6.07, 6.45) is 0. The number of nitrogens with zero attached hydrogens (tertiary/aromatic N) is 2. The molecule has 0 spiro atoms. The lowest BCUT2D eigenvalue weighted by molar-refractivity contribution is 0.590. The lowest BCUT2D eigenvalue weighted by Crippen LogP contribution is -2.13. The molecular formula is C54H46N2O2. The Labute approximate surface area is 339 Å². The van der Waals surface area contributed by atoms with Gasteiger partial charge in [-0.25, -0.2) is 0 Å². The molecule has 10 aromatic rings. The number of rotatable bonds is 6. The molecule has 8 aromatic carbocycles. The summed E-state index contributed by atoms with van der Waals surface area (Å²) in [6.45, 7) is 13.5. The Hall–Kier alpha value is -6.78. The Bertz CT molecular complexity index is 3110. The van der Waals surface area contributed by atoms with Crippen LogP contribution in [-0.2, 0) is 10.8 Å². The fourth-order valence-electron chi connectivity index (χ4n) is 8.56. The maximum Gasteiger partial charge on any atom is 0.160 e. The van der Waals surface area contributed by atoms with E-state index in [1.54, 1.807) is 0 Å². The molecule has 0 saturated carbocycles.